The van der Waals surface area contributed by atoms with Crippen LogP contribution < -0.4 is 4.74 Å². The van der Waals surface area contributed by atoms with Crippen LogP contribution in [0.25, 0.3) is 0 Å². The molecule has 0 aliphatic carbocycles. The van der Waals surface area contributed by atoms with E-state index in [0.29, 0.717) is 0 Å². The van der Waals surface area contributed by atoms with Gasteiger partial charge in [0.25, 0.3) is 5.91 Å². The van der Waals surface area contributed by atoms with Crippen molar-refractivity contribution in [2.24, 2.45) is 0 Å². The van der Waals surface area contributed by atoms with Crippen LogP contribution in [0.2, 0.25) is 0 Å². The second-order valence-electron chi connectivity index (χ2n) is 5.79. The van der Waals surface area contributed by atoms with Crippen LogP contribution in [-0.2, 0) is 0 Å². The van der Waals surface area contributed by atoms with E-state index in [-0.39, 0.29) is 5.91 Å². The molecule has 0 unspecified atom stereocenters. The van der Waals surface area contributed by atoms with Crippen molar-refractivity contribution in [3.05, 3.63) is 29.8 Å². The number of benzene rings is 1. The van der Waals surface area contributed by atoms with Gasteiger partial charge in [0.15, 0.2) is 0 Å². The van der Waals surface area contributed by atoms with Gasteiger partial charge in [-0.2, -0.15) is 0 Å². The highest BCUT2D eigenvalue weighted by molar-refractivity contribution is 5.94. The van der Waals surface area contributed by atoms with E-state index >= 15 is 0 Å². The van der Waals surface area contributed by atoms with Crippen molar-refractivity contribution in [2.45, 2.75) is 51.9 Å². The number of amides is 1. The Hall–Kier alpha value is -1.51. The van der Waals surface area contributed by atoms with Gasteiger partial charge in [0.05, 0.1) is 6.61 Å². The molecule has 0 atom stereocenters. The van der Waals surface area contributed by atoms with Crippen molar-refractivity contribution in [1.29, 1.82) is 0 Å². The molecule has 3 heteroatoms. The van der Waals surface area contributed by atoms with Crippen molar-refractivity contribution in [2.75, 3.05) is 19.7 Å². The highest BCUT2D eigenvalue weighted by Gasteiger charge is 2.16. The van der Waals surface area contributed by atoms with Gasteiger partial charge in [-0.3, -0.25) is 4.79 Å². The summed E-state index contributed by atoms with van der Waals surface area (Å²) in [6, 6.07) is 7.61. The van der Waals surface area contributed by atoms with Crippen molar-refractivity contribution in [1.82, 2.24) is 4.90 Å². The Balaban J connectivity index is 1.86. The summed E-state index contributed by atoms with van der Waals surface area (Å²) in [7, 11) is 0. The van der Waals surface area contributed by atoms with Crippen LogP contribution in [0.3, 0.4) is 0 Å². The van der Waals surface area contributed by atoms with Crippen LogP contribution in [0.4, 0.5) is 0 Å². The number of carbonyl (C=O) groups excluding carboxylic acids is 1. The van der Waals surface area contributed by atoms with Gasteiger partial charge < -0.3 is 9.64 Å². The lowest BCUT2D eigenvalue weighted by atomic mass is 10.2. The van der Waals surface area contributed by atoms with Gasteiger partial charge >= 0.3 is 0 Å². The second-order valence-corrected chi connectivity index (χ2v) is 5.79. The molecule has 116 valence electrons. The van der Waals surface area contributed by atoms with Gasteiger partial charge in [-0.15, -0.1) is 0 Å². The number of hydrogen-bond acceptors (Lipinski definition) is 2. The van der Waals surface area contributed by atoms with Crippen LogP contribution in [-0.4, -0.2) is 30.5 Å². The van der Waals surface area contributed by atoms with Crippen LogP contribution in [0.1, 0.15) is 62.2 Å². The molecule has 0 bridgehead atoms. The molecule has 21 heavy (non-hydrogen) atoms. The topological polar surface area (TPSA) is 29.5 Å². The maximum Gasteiger partial charge on any atom is 0.253 e. The van der Waals surface area contributed by atoms with Gasteiger partial charge in [-0.25, -0.2) is 0 Å². The maximum absolute atomic E-state index is 12.4. The molecule has 2 rings (SSSR count). The molecule has 1 heterocycles. The van der Waals surface area contributed by atoms with Gasteiger partial charge in [-0.05, 0) is 43.5 Å². The Kier molecular flexibility index (Phi) is 6.58. The smallest absolute Gasteiger partial charge is 0.253 e. The molecule has 1 fully saturated rings. The highest BCUT2D eigenvalue weighted by atomic mass is 16.5. The van der Waals surface area contributed by atoms with E-state index in [9.17, 15) is 4.79 Å². The summed E-state index contributed by atoms with van der Waals surface area (Å²) in [5.41, 5.74) is 0.776. The van der Waals surface area contributed by atoms with E-state index in [1.54, 1.807) is 0 Å². The van der Waals surface area contributed by atoms with Crippen LogP contribution in [0, 0.1) is 0 Å². The van der Waals surface area contributed by atoms with Gasteiger partial charge in [0.2, 0.25) is 0 Å². The second kappa shape index (κ2) is 8.71. The minimum Gasteiger partial charge on any atom is -0.494 e. The normalized spacial score (nSPS) is 15.6. The fraction of sp³-hybridized carbons (Fsp3) is 0.611. The first kappa shape index (κ1) is 15.9. The molecule has 0 saturated carbocycles. The van der Waals surface area contributed by atoms with E-state index < -0.39 is 0 Å². The standard InChI is InChI=1S/C18H27NO2/c1-2-3-8-15-21-17-11-9-16(10-12-17)18(20)19-13-6-4-5-7-14-19/h9-12H,2-8,13-15H2,1H3. The lowest BCUT2D eigenvalue weighted by molar-refractivity contribution is 0.0761. The number of carbonyl (C=O) groups is 1. The van der Waals surface area contributed by atoms with Crippen molar-refractivity contribution >= 4 is 5.91 Å². The summed E-state index contributed by atoms with van der Waals surface area (Å²) in [6.07, 6.45) is 8.24. The third-order valence-electron chi connectivity index (χ3n) is 4.01. The summed E-state index contributed by atoms with van der Waals surface area (Å²) < 4.78 is 5.68. The van der Waals surface area contributed by atoms with Crippen molar-refractivity contribution in [3.63, 3.8) is 0 Å². The van der Waals surface area contributed by atoms with Crippen LogP contribution >= 0.6 is 0 Å². The fourth-order valence-corrected chi connectivity index (χ4v) is 2.69. The average Bonchev–Trinajstić information content (AvgIpc) is 2.81. The molecule has 1 saturated heterocycles. The Bertz CT molecular complexity index is 419. The molecule has 1 amide bonds. The quantitative estimate of drug-likeness (QED) is 0.732. The van der Waals surface area contributed by atoms with Crippen molar-refractivity contribution < 1.29 is 9.53 Å². The molecule has 0 aromatic heterocycles. The number of nitrogens with zero attached hydrogens (tertiary/aromatic N) is 1. The maximum atomic E-state index is 12.4. The van der Waals surface area contributed by atoms with E-state index in [2.05, 4.69) is 6.92 Å². The molecule has 0 N–H and O–H groups in total. The summed E-state index contributed by atoms with van der Waals surface area (Å²) in [5.74, 6) is 1.02. The van der Waals surface area contributed by atoms with Gasteiger partial charge in [0, 0.05) is 18.7 Å². The average molecular weight is 289 g/mol. The molecule has 1 aliphatic heterocycles. The number of likely N-dealkylation sites (tertiary alicyclic amines) is 1. The Morgan fingerprint density at radius 3 is 2.33 bits per heavy atom. The number of hydrogen-bond donors (Lipinski definition) is 0. The summed E-state index contributed by atoms with van der Waals surface area (Å²) in [4.78, 5) is 14.4. The number of rotatable bonds is 6. The molecule has 0 spiro atoms. The Labute approximate surface area is 128 Å². The summed E-state index contributed by atoms with van der Waals surface area (Å²) in [5, 5.41) is 0. The van der Waals surface area contributed by atoms with Crippen LogP contribution in [0.5, 0.6) is 5.75 Å². The lowest BCUT2D eigenvalue weighted by Gasteiger charge is -2.20. The van der Waals surface area contributed by atoms with Crippen LogP contribution in [0.15, 0.2) is 24.3 Å². The molecule has 1 aliphatic rings. The first-order chi connectivity index (χ1) is 10.3. The lowest BCUT2D eigenvalue weighted by Crippen LogP contribution is -2.31. The zero-order valence-electron chi connectivity index (χ0n) is 13.1. The first-order valence-corrected chi connectivity index (χ1v) is 8.33. The number of unbranched alkanes of at least 4 members (excludes halogenated alkanes) is 2. The highest BCUT2D eigenvalue weighted by Crippen LogP contribution is 2.17. The first-order valence-electron chi connectivity index (χ1n) is 8.33. The third kappa shape index (κ3) is 5.07. The molecule has 3 nitrogen and oxygen atoms in total. The minimum absolute atomic E-state index is 0.162. The van der Waals surface area contributed by atoms with E-state index in [1.807, 2.05) is 29.2 Å². The predicted molar refractivity (Wildman–Crippen MR) is 85.8 cm³/mol. The SMILES string of the molecule is CCCCCOc1ccc(C(=O)N2CCCCCC2)cc1. The monoisotopic (exact) mass is 289 g/mol. The Morgan fingerprint density at radius 1 is 1.05 bits per heavy atom. The van der Waals surface area contributed by atoms with Gasteiger partial charge in [-0.1, -0.05) is 32.6 Å². The van der Waals surface area contributed by atoms with E-state index in [4.69, 9.17) is 4.74 Å². The molecular weight excluding hydrogens is 262 g/mol. The Morgan fingerprint density at radius 2 is 1.71 bits per heavy atom. The van der Waals surface area contributed by atoms with E-state index in [1.165, 1.54) is 25.7 Å². The largest absolute Gasteiger partial charge is 0.494 e. The molecular formula is C18H27NO2. The summed E-state index contributed by atoms with van der Waals surface area (Å²) >= 11 is 0. The van der Waals surface area contributed by atoms with Gasteiger partial charge in [0.1, 0.15) is 5.75 Å². The zero-order chi connectivity index (χ0) is 14.9. The molecule has 0 radical (unpaired) electrons. The molecule has 1 aromatic carbocycles. The predicted octanol–water partition coefficient (Wildman–Crippen LogP) is 4.27. The fourth-order valence-electron chi connectivity index (χ4n) is 2.69. The molecule has 1 aromatic rings. The minimum atomic E-state index is 0.162. The van der Waals surface area contributed by atoms with Crippen molar-refractivity contribution in [3.8, 4) is 5.75 Å². The number of ether oxygens (including phenoxy) is 1. The zero-order valence-corrected chi connectivity index (χ0v) is 13.1. The van der Waals surface area contributed by atoms with E-state index in [0.717, 1.165) is 50.3 Å². The third-order valence-corrected chi connectivity index (χ3v) is 4.01. The summed E-state index contributed by atoms with van der Waals surface area (Å²) in [6.45, 7) is 4.73.